The van der Waals surface area contributed by atoms with E-state index in [0.717, 1.165) is 6.20 Å². The zero-order chi connectivity index (χ0) is 15.8. The van der Waals surface area contributed by atoms with E-state index in [-0.39, 0.29) is 20.7 Å². The molecule has 3 N–H and O–H groups in total. The minimum atomic E-state index is -4.04. The molecule has 112 valence electrons. The van der Waals surface area contributed by atoms with E-state index in [1.54, 1.807) is 0 Å². The van der Waals surface area contributed by atoms with Crippen LogP contribution < -0.4 is 10.5 Å². The molecule has 0 bridgehead atoms. The first kappa shape index (κ1) is 15.6. The van der Waals surface area contributed by atoms with Crippen LogP contribution in [0.3, 0.4) is 0 Å². The Morgan fingerprint density at radius 2 is 2.14 bits per heavy atom. The minimum absolute atomic E-state index is 0.000947. The number of sulfonamides is 1. The van der Waals surface area contributed by atoms with E-state index in [1.807, 2.05) is 0 Å². The van der Waals surface area contributed by atoms with Gasteiger partial charge in [-0.3, -0.25) is 9.48 Å². The third-order valence-corrected chi connectivity index (χ3v) is 4.25. The molecule has 0 fully saturated rings. The Hall–Kier alpha value is -1.78. The summed E-state index contributed by atoms with van der Waals surface area (Å²) >= 11 is 2.95. The molecule has 0 saturated carbocycles. The predicted molar refractivity (Wildman–Crippen MR) is 76.6 cm³/mol. The Labute approximate surface area is 128 Å². The van der Waals surface area contributed by atoms with E-state index in [9.17, 15) is 17.6 Å². The third-order valence-electron chi connectivity index (χ3n) is 2.53. The van der Waals surface area contributed by atoms with Crippen molar-refractivity contribution in [1.29, 1.82) is 0 Å². The number of rotatable bonds is 3. The van der Waals surface area contributed by atoms with Crippen LogP contribution in [0.15, 0.2) is 33.8 Å². The lowest BCUT2D eigenvalue weighted by molar-refractivity contribution is 0.102. The summed E-state index contributed by atoms with van der Waals surface area (Å²) in [5.41, 5.74) is 0.000947. The van der Waals surface area contributed by atoms with Gasteiger partial charge in [-0.05, 0) is 28.1 Å². The summed E-state index contributed by atoms with van der Waals surface area (Å²) in [6, 6.07) is 3.91. The van der Waals surface area contributed by atoms with Crippen LogP contribution in [0.1, 0.15) is 10.4 Å². The van der Waals surface area contributed by atoms with Gasteiger partial charge in [-0.15, -0.1) is 0 Å². The molecule has 21 heavy (non-hydrogen) atoms. The third kappa shape index (κ3) is 3.28. The van der Waals surface area contributed by atoms with Crippen molar-refractivity contribution >= 4 is 37.7 Å². The largest absolute Gasteiger partial charge is 0.304 e. The average Bonchev–Trinajstić information content (AvgIpc) is 2.73. The van der Waals surface area contributed by atoms with E-state index in [1.165, 1.54) is 29.9 Å². The Bertz CT molecular complexity index is 819. The van der Waals surface area contributed by atoms with Crippen molar-refractivity contribution in [2.45, 2.75) is 4.90 Å². The summed E-state index contributed by atoms with van der Waals surface area (Å²) in [7, 11) is -2.57. The topological polar surface area (TPSA) is 107 Å². The number of aryl methyl sites for hydroxylation is 1. The Kier molecular flexibility index (Phi) is 4.12. The molecule has 0 radical (unpaired) electrons. The smallest absolute Gasteiger partial charge is 0.258 e. The average molecular weight is 377 g/mol. The highest BCUT2D eigenvalue weighted by Crippen LogP contribution is 2.23. The van der Waals surface area contributed by atoms with Crippen molar-refractivity contribution < 1.29 is 17.6 Å². The number of benzene rings is 1. The molecule has 0 saturated heterocycles. The van der Waals surface area contributed by atoms with Gasteiger partial charge < -0.3 is 5.32 Å². The first-order valence-electron chi connectivity index (χ1n) is 5.52. The molecule has 1 aromatic heterocycles. The van der Waals surface area contributed by atoms with Gasteiger partial charge in [-0.2, -0.15) is 5.10 Å². The second kappa shape index (κ2) is 5.54. The second-order valence-corrected chi connectivity index (χ2v) is 6.44. The molecule has 0 aliphatic rings. The molecule has 0 unspecified atom stereocenters. The Morgan fingerprint density at radius 3 is 2.76 bits per heavy atom. The monoisotopic (exact) mass is 376 g/mol. The number of primary sulfonamides is 1. The van der Waals surface area contributed by atoms with Crippen LogP contribution in [0.2, 0.25) is 0 Å². The molecule has 0 aliphatic carbocycles. The van der Waals surface area contributed by atoms with Crippen molar-refractivity contribution in [2.75, 3.05) is 5.32 Å². The number of aromatic nitrogens is 2. The summed E-state index contributed by atoms with van der Waals surface area (Å²) in [6.45, 7) is 0. The maximum atomic E-state index is 13.4. The normalized spacial score (nSPS) is 11.4. The van der Waals surface area contributed by atoms with Crippen LogP contribution in [0, 0.1) is 5.82 Å². The molecule has 1 aromatic carbocycles. The first-order chi connectivity index (χ1) is 9.70. The fraction of sp³-hybridized carbons (Fsp3) is 0.0909. The summed E-state index contributed by atoms with van der Waals surface area (Å²) in [6.07, 6.45) is 1.16. The lowest BCUT2D eigenvalue weighted by atomic mass is 10.2. The number of carbonyl (C=O) groups excluding carboxylic acids is 1. The lowest BCUT2D eigenvalue weighted by Crippen LogP contribution is -2.18. The summed E-state index contributed by atoms with van der Waals surface area (Å²) < 4.78 is 37.4. The lowest BCUT2D eigenvalue weighted by Gasteiger charge is -2.06. The highest BCUT2D eigenvalue weighted by Gasteiger charge is 2.21. The van der Waals surface area contributed by atoms with Crippen LogP contribution in [0.5, 0.6) is 0 Å². The maximum absolute atomic E-state index is 13.4. The summed E-state index contributed by atoms with van der Waals surface area (Å²) in [4.78, 5) is 11.8. The number of amides is 1. The van der Waals surface area contributed by atoms with Gasteiger partial charge in [-0.1, -0.05) is 6.07 Å². The fourth-order valence-corrected chi connectivity index (χ4v) is 2.72. The summed E-state index contributed by atoms with van der Waals surface area (Å²) in [5.74, 6) is -1.55. The molecule has 1 amide bonds. The van der Waals surface area contributed by atoms with Gasteiger partial charge in [0, 0.05) is 13.2 Å². The Morgan fingerprint density at radius 1 is 1.48 bits per heavy atom. The number of halogens is 2. The predicted octanol–water partition coefficient (Wildman–Crippen LogP) is 1.22. The van der Waals surface area contributed by atoms with Crippen LogP contribution in [0.4, 0.5) is 10.2 Å². The number of nitrogens with two attached hydrogens (primary N) is 1. The van der Waals surface area contributed by atoms with Gasteiger partial charge in [0.25, 0.3) is 5.91 Å². The second-order valence-electron chi connectivity index (χ2n) is 4.12. The molecule has 10 heteroatoms. The van der Waals surface area contributed by atoms with Crippen molar-refractivity contribution in [1.82, 2.24) is 9.78 Å². The van der Waals surface area contributed by atoms with Crippen LogP contribution in [0.25, 0.3) is 0 Å². The van der Waals surface area contributed by atoms with E-state index >= 15 is 0 Å². The molecule has 7 nitrogen and oxygen atoms in total. The maximum Gasteiger partial charge on any atom is 0.258 e. The molecule has 0 atom stereocenters. The van der Waals surface area contributed by atoms with Gasteiger partial charge >= 0.3 is 0 Å². The molecule has 1 heterocycles. The fourth-order valence-electron chi connectivity index (χ4n) is 1.62. The zero-order valence-corrected chi connectivity index (χ0v) is 13.1. The van der Waals surface area contributed by atoms with Gasteiger partial charge in [-0.25, -0.2) is 17.9 Å². The van der Waals surface area contributed by atoms with Gasteiger partial charge in [0.15, 0.2) is 5.82 Å². The van der Waals surface area contributed by atoms with E-state index in [0.29, 0.717) is 0 Å². The number of anilines is 1. The standard InChI is InChI=1S/C11H10BrFN4O3S/c1-17-5-8(21(14,19)20)10(16-17)15-11(18)6-3-2-4-7(13)9(6)12/h2-5H,1H3,(H2,14,19,20)(H,15,16,18). The molecule has 2 rings (SSSR count). The SMILES string of the molecule is Cn1cc(S(N)(=O)=O)c(NC(=O)c2cccc(F)c2Br)n1. The first-order valence-corrected chi connectivity index (χ1v) is 7.86. The number of nitrogens with zero attached hydrogens (tertiary/aromatic N) is 2. The number of hydrogen-bond acceptors (Lipinski definition) is 4. The Balaban J connectivity index is 2.39. The van der Waals surface area contributed by atoms with Crippen molar-refractivity contribution in [2.24, 2.45) is 12.2 Å². The van der Waals surface area contributed by atoms with Crippen molar-refractivity contribution in [3.63, 3.8) is 0 Å². The van der Waals surface area contributed by atoms with Crippen molar-refractivity contribution in [3.8, 4) is 0 Å². The molecule has 0 spiro atoms. The quantitative estimate of drug-likeness (QED) is 0.839. The highest BCUT2D eigenvalue weighted by molar-refractivity contribution is 9.10. The van der Waals surface area contributed by atoms with Gasteiger partial charge in [0.1, 0.15) is 10.7 Å². The molecule has 0 aliphatic heterocycles. The molecule has 2 aromatic rings. The van der Waals surface area contributed by atoms with E-state index in [4.69, 9.17) is 5.14 Å². The highest BCUT2D eigenvalue weighted by atomic mass is 79.9. The number of nitrogens with one attached hydrogen (secondary N) is 1. The van der Waals surface area contributed by atoms with Crippen LogP contribution >= 0.6 is 15.9 Å². The van der Waals surface area contributed by atoms with Gasteiger partial charge in [0.2, 0.25) is 10.0 Å². The summed E-state index contributed by atoms with van der Waals surface area (Å²) in [5, 5.41) is 11.1. The van der Waals surface area contributed by atoms with Crippen LogP contribution in [-0.4, -0.2) is 24.1 Å². The minimum Gasteiger partial charge on any atom is -0.304 e. The van der Waals surface area contributed by atoms with E-state index in [2.05, 4.69) is 26.3 Å². The van der Waals surface area contributed by atoms with E-state index < -0.39 is 21.7 Å². The van der Waals surface area contributed by atoms with Gasteiger partial charge in [0.05, 0.1) is 10.0 Å². The number of hydrogen-bond donors (Lipinski definition) is 2. The zero-order valence-electron chi connectivity index (χ0n) is 10.7. The molecular weight excluding hydrogens is 367 g/mol. The number of carbonyl (C=O) groups is 1. The molecular formula is C11H10BrFN4O3S. The van der Waals surface area contributed by atoms with Crippen LogP contribution in [-0.2, 0) is 17.1 Å². The van der Waals surface area contributed by atoms with Crippen molar-refractivity contribution in [3.05, 3.63) is 40.2 Å².